The zero-order valence-electron chi connectivity index (χ0n) is 15.4. The van der Waals surface area contributed by atoms with E-state index in [1.165, 1.54) is 6.92 Å². The van der Waals surface area contributed by atoms with Crippen LogP contribution in [0.1, 0.15) is 48.0 Å². The van der Waals surface area contributed by atoms with Gasteiger partial charge in [0.25, 0.3) is 0 Å². The van der Waals surface area contributed by atoms with Crippen LogP contribution < -0.4 is 11.1 Å². The number of carbonyl (C=O) groups is 2. The standard InChI is InChI=1S/C17H29N3O4/c1-9-14(22)24-19-20-16(5,6)10-11(2)15(17(20,7)8)18-23-13(4)12(3)21/h9,11,15,18-19H,1,4,10H2,2-3,5-8H3. The molecule has 1 heterocycles. The van der Waals surface area contributed by atoms with Gasteiger partial charge in [0.15, 0.2) is 11.5 Å². The molecular formula is C17H29N3O4. The zero-order chi connectivity index (χ0) is 18.7. The Labute approximate surface area is 143 Å². The second-order valence-corrected chi connectivity index (χ2v) is 7.38. The highest BCUT2D eigenvalue weighted by molar-refractivity contribution is 5.90. The van der Waals surface area contributed by atoms with Crippen LogP contribution in [0.25, 0.3) is 0 Å². The first-order chi connectivity index (χ1) is 10.9. The smallest absolute Gasteiger partial charge is 0.350 e. The Morgan fingerprint density at radius 1 is 1.25 bits per heavy atom. The minimum Gasteiger partial charge on any atom is -0.405 e. The fraction of sp³-hybridized carbons (Fsp3) is 0.647. The van der Waals surface area contributed by atoms with E-state index in [1.807, 2.05) is 18.9 Å². The molecule has 7 nitrogen and oxygen atoms in total. The van der Waals surface area contributed by atoms with Crippen molar-refractivity contribution in [3.63, 3.8) is 0 Å². The SMILES string of the molecule is C=CC(=O)ONN1C(C)(C)CC(C)C(NOC(=C)C(C)=O)C1(C)C. The Morgan fingerprint density at radius 2 is 1.83 bits per heavy atom. The van der Waals surface area contributed by atoms with Gasteiger partial charge < -0.3 is 9.68 Å². The van der Waals surface area contributed by atoms with Gasteiger partial charge in [-0.1, -0.05) is 25.7 Å². The van der Waals surface area contributed by atoms with Gasteiger partial charge in [0.1, 0.15) is 0 Å². The Morgan fingerprint density at radius 3 is 2.33 bits per heavy atom. The molecule has 2 unspecified atom stereocenters. The first-order valence-electron chi connectivity index (χ1n) is 7.95. The maximum absolute atomic E-state index is 11.4. The van der Waals surface area contributed by atoms with E-state index < -0.39 is 11.5 Å². The number of ketones is 1. The summed E-state index contributed by atoms with van der Waals surface area (Å²) in [5, 5.41) is 1.87. The van der Waals surface area contributed by atoms with Crippen molar-refractivity contribution in [3.8, 4) is 0 Å². The third-order valence-electron chi connectivity index (χ3n) is 4.44. The molecule has 1 aliphatic heterocycles. The van der Waals surface area contributed by atoms with Gasteiger partial charge in [-0.15, -0.1) is 0 Å². The van der Waals surface area contributed by atoms with Crippen molar-refractivity contribution >= 4 is 11.8 Å². The number of nitrogens with zero attached hydrogens (tertiary/aromatic N) is 1. The van der Waals surface area contributed by atoms with Crippen LogP contribution in [0.15, 0.2) is 25.0 Å². The van der Waals surface area contributed by atoms with Crippen LogP contribution in [0, 0.1) is 5.92 Å². The number of piperidine rings is 1. The van der Waals surface area contributed by atoms with Crippen molar-refractivity contribution in [1.82, 2.24) is 16.1 Å². The van der Waals surface area contributed by atoms with Crippen LogP contribution in [0.2, 0.25) is 0 Å². The molecule has 24 heavy (non-hydrogen) atoms. The highest BCUT2D eigenvalue weighted by Gasteiger charge is 2.51. The molecule has 0 aromatic rings. The topological polar surface area (TPSA) is 79.9 Å². The molecule has 0 aliphatic carbocycles. The summed E-state index contributed by atoms with van der Waals surface area (Å²) in [6.45, 7) is 18.6. The van der Waals surface area contributed by atoms with Crippen molar-refractivity contribution in [2.24, 2.45) is 5.92 Å². The van der Waals surface area contributed by atoms with E-state index in [4.69, 9.17) is 9.68 Å². The predicted molar refractivity (Wildman–Crippen MR) is 91.0 cm³/mol. The monoisotopic (exact) mass is 339 g/mol. The molecule has 0 saturated carbocycles. The van der Waals surface area contributed by atoms with Crippen LogP contribution in [0.3, 0.4) is 0 Å². The summed E-state index contributed by atoms with van der Waals surface area (Å²) in [6, 6.07) is -0.142. The number of Topliss-reactive ketones (excluding diaryl/α,β-unsaturated/α-hetero) is 1. The van der Waals surface area contributed by atoms with Gasteiger partial charge in [0, 0.05) is 18.5 Å². The highest BCUT2D eigenvalue weighted by atomic mass is 16.7. The number of hydrogen-bond acceptors (Lipinski definition) is 7. The zero-order valence-corrected chi connectivity index (χ0v) is 15.4. The molecule has 0 aromatic carbocycles. The molecule has 2 atom stereocenters. The van der Waals surface area contributed by atoms with E-state index in [1.54, 1.807) is 0 Å². The fourth-order valence-electron chi connectivity index (χ4n) is 3.45. The van der Waals surface area contributed by atoms with Gasteiger partial charge in [0.2, 0.25) is 0 Å². The number of hydrogen-bond donors (Lipinski definition) is 2. The molecule has 1 fully saturated rings. The van der Waals surface area contributed by atoms with E-state index in [-0.39, 0.29) is 29.0 Å². The molecule has 136 valence electrons. The Kier molecular flexibility index (Phi) is 6.32. The number of hydroxylamine groups is 1. The molecule has 1 aliphatic rings. The van der Waals surface area contributed by atoms with Crippen molar-refractivity contribution in [3.05, 3.63) is 25.0 Å². The molecule has 7 heteroatoms. The summed E-state index contributed by atoms with van der Waals surface area (Å²) in [5.41, 5.74) is 4.91. The van der Waals surface area contributed by atoms with Gasteiger partial charge in [-0.25, -0.2) is 4.79 Å². The van der Waals surface area contributed by atoms with E-state index >= 15 is 0 Å². The molecule has 0 radical (unpaired) electrons. The molecule has 0 bridgehead atoms. The van der Waals surface area contributed by atoms with Gasteiger partial charge in [0.05, 0.1) is 11.6 Å². The van der Waals surface area contributed by atoms with Crippen LogP contribution >= 0.6 is 0 Å². The average molecular weight is 339 g/mol. The molecular weight excluding hydrogens is 310 g/mol. The Bertz CT molecular complexity index is 528. The summed E-state index contributed by atoms with van der Waals surface area (Å²) >= 11 is 0. The molecule has 0 spiro atoms. The average Bonchev–Trinajstić information content (AvgIpc) is 2.44. The van der Waals surface area contributed by atoms with Crippen LogP contribution in [0.4, 0.5) is 0 Å². The van der Waals surface area contributed by atoms with Gasteiger partial charge in [-0.2, -0.15) is 10.5 Å². The summed E-state index contributed by atoms with van der Waals surface area (Å²) in [6.07, 6.45) is 1.90. The number of allylic oxidation sites excluding steroid dienone is 1. The number of hydrazine groups is 1. The summed E-state index contributed by atoms with van der Waals surface area (Å²) in [4.78, 5) is 33.0. The third kappa shape index (κ3) is 4.43. The lowest BCUT2D eigenvalue weighted by Gasteiger charge is -2.57. The normalized spacial score (nSPS) is 25.6. The van der Waals surface area contributed by atoms with Crippen molar-refractivity contribution in [1.29, 1.82) is 0 Å². The fourth-order valence-corrected chi connectivity index (χ4v) is 3.45. The van der Waals surface area contributed by atoms with E-state index in [9.17, 15) is 9.59 Å². The van der Waals surface area contributed by atoms with Crippen LogP contribution in [0.5, 0.6) is 0 Å². The third-order valence-corrected chi connectivity index (χ3v) is 4.44. The Hall–Kier alpha value is -1.70. The highest BCUT2D eigenvalue weighted by Crippen LogP contribution is 2.40. The lowest BCUT2D eigenvalue weighted by Crippen LogP contribution is -2.73. The first-order valence-corrected chi connectivity index (χ1v) is 7.95. The predicted octanol–water partition coefficient (Wildman–Crippen LogP) is 2.03. The molecule has 2 N–H and O–H groups in total. The van der Waals surface area contributed by atoms with Gasteiger partial charge >= 0.3 is 5.97 Å². The lowest BCUT2D eigenvalue weighted by molar-refractivity contribution is -0.212. The molecule has 1 rings (SSSR count). The van der Waals surface area contributed by atoms with Crippen LogP contribution in [-0.4, -0.2) is 33.9 Å². The largest absolute Gasteiger partial charge is 0.405 e. The number of carbonyl (C=O) groups excluding carboxylic acids is 2. The number of rotatable bonds is 7. The number of nitrogens with one attached hydrogen (secondary N) is 2. The second kappa shape index (κ2) is 7.46. The minimum atomic E-state index is -0.564. The quantitative estimate of drug-likeness (QED) is 0.417. The van der Waals surface area contributed by atoms with E-state index in [0.29, 0.717) is 0 Å². The van der Waals surface area contributed by atoms with Crippen molar-refractivity contribution in [2.45, 2.75) is 65.1 Å². The molecule has 1 saturated heterocycles. The summed E-state index contributed by atoms with van der Waals surface area (Å²) < 4.78 is 0. The molecule has 0 aromatic heterocycles. The first kappa shape index (κ1) is 20.3. The van der Waals surface area contributed by atoms with Crippen LogP contribution in [-0.2, 0) is 19.3 Å². The van der Waals surface area contributed by atoms with Gasteiger partial charge in [-0.05, 0) is 40.0 Å². The van der Waals surface area contributed by atoms with E-state index in [0.717, 1.165) is 12.5 Å². The van der Waals surface area contributed by atoms with Gasteiger partial charge in [-0.3, -0.25) is 4.79 Å². The maximum Gasteiger partial charge on any atom is 0.350 e. The summed E-state index contributed by atoms with van der Waals surface area (Å²) in [5.74, 6) is -0.506. The summed E-state index contributed by atoms with van der Waals surface area (Å²) in [7, 11) is 0. The molecule has 0 amide bonds. The van der Waals surface area contributed by atoms with Crippen molar-refractivity contribution in [2.75, 3.05) is 0 Å². The van der Waals surface area contributed by atoms with E-state index in [2.05, 4.69) is 45.0 Å². The minimum absolute atomic E-state index is 0.0560. The maximum atomic E-state index is 11.4. The Balaban J connectivity index is 2.96. The lowest BCUT2D eigenvalue weighted by atomic mass is 9.72. The second-order valence-electron chi connectivity index (χ2n) is 7.38. The van der Waals surface area contributed by atoms with Crippen molar-refractivity contribution < 1.29 is 19.3 Å².